The third kappa shape index (κ3) is 3.11. The fraction of sp³-hybridized carbons (Fsp3) is 0.0667. The standard InChI is InChI=1S/C15H13NO5/c1-21-13-4-2-3-9(14(13)18)8-16-10-5-6-11(15(19)20)12(17)7-10/h2-8,17-18H,1H3,(H,19,20). The predicted molar refractivity (Wildman–Crippen MR) is 77.0 cm³/mol. The number of hydrogen-bond donors (Lipinski definition) is 3. The molecule has 0 spiro atoms. The molecule has 0 aliphatic rings. The number of aromatic carboxylic acids is 1. The van der Waals surface area contributed by atoms with Gasteiger partial charge in [0.2, 0.25) is 0 Å². The van der Waals surface area contributed by atoms with Crippen LogP contribution in [0.3, 0.4) is 0 Å². The number of carboxylic acids is 1. The summed E-state index contributed by atoms with van der Waals surface area (Å²) in [5.74, 6) is -1.31. The van der Waals surface area contributed by atoms with Crippen molar-refractivity contribution in [3.8, 4) is 17.2 Å². The number of rotatable bonds is 4. The van der Waals surface area contributed by atoms with E-state index >= 15 is 0 Å². The van der Waals surface area contributed by atoms with Crippen molar-refractivity contribution >= 4 is 17.9 Å². The summed E-state index contributed by atoms with van der Waals surface area (Å²) in [7, 11) is 1.44. The molecule has 2 aromatic carbocycles. The lowest BCUT2D eigenvalue weighted by Gasteiger charge is -2.05. The highest BCUT2D eigenvalue weighted by molar-refractivity contribution is 5.92. The van der Waals surface area contributed by atoms with E-state index in [2.05, 4.69) is 4.99 Å². The minimum Gasteiger partial charge on any atom is -0.507 e. The minimum absolute atomic E-state index is 0.0462. The smallest absolute Gasteiger partial charge is 0.339 e. The van der Waals surface area contributed by atoms with Gasteiger partial charge in [0.25, 0.3) is 0 Å². The number of benzene rings is 2. The van der Waals surface area contributed by atoms with Crippen LogP contribution in [0.4, 0.5) is 5.69 Å². The molecule has 2 rings (SSSR count). The molecule has 0 heterocycles. The Balaban J connectivity index is 2.30. The van der Waals surface area contributed by atoms with Crippen LogP contribution in [0.2, 0.25) is 0 Å². The Morgan fingerprint density at radius 2 is 2.00 bits per heavy atom. The van der Waals surface area contributed by atoms with Gasteiger partial charge in [-0.25, -0.2) is 4.79 Å². The van der Waals surface area contributed by atoms with E-state index in [0.29, 0.717) is 17.0 Å². The lowest BCUT2D eigenvalue weighted by molar-refractivity contribution is 0.0694. The number of phenolic OH excluding ortho intramolecular Hbond substituents is 1. The van der Waals surface area contributed by atoms with Crippen LogP contribution in [0.5, 0.6) is 17.2 Å². The van der Waals surface area contributed by atoms with Crippen LogP contribution in [0.25, 0.3) is 0 Å². The van der Waals surface area contributed by atoms with Gasteiger partial charge in [-0.05, 0) is 24.3 Å². The van der Waals surface area contributed by atoms with Crippen LogP contribution in [0, 0.1) is 0 Å². The number of aliphatic imine (C=N–C) groups is 1. The Morgan fingerprint density at radius 3 is 2.62 bits per heavy atom. The molecule has 0 fully saturated rings. The van der Waals surface area contributed by atoms with Gasteiger partial charge in [0.15, 0.2) is 11.5 Å². The van der Waals surface area contributed by atoms with E-state index in [1.165, 1.54) is 31.5 Å². The summed E-state index contributed by atoms with van der Waals surface area (Å²) in [6.45, 7) is 0. The number of hydrogen-bond acceptors (Lipinski definition) is 5. The molecule has 0 atom stereocenters. The molecule has 0 amide bonds. The highest BCUT2D eigenvalue weighted by atomic mass is 16.5. The Bertz CT molecular complexity index is 709. The fourth-order valence-electron chi connectivity index (χ4n) is 1.73. The molecule has 108 valence electrons. The van der Waals surface area contributed by atoms with Gasteiger partial charge in [0.1, 0.15) is 11.3 Å². The third-order valence-corrected chi connectivity index (χ3v) is 2.81. The summed E-state index contributed by atoms with van der Waals surface area (Å²) in [5, 5.41) is 28.3. The zero-order chi connectivity index (χ0) is 15.4. The average molecular weight is 287 g/mol. The first-order valence-electron chi connectivity index (χ1n) is 5.99. The maximum Gasteiger partial charge on any atom is 0.339 e. The number of nitrogens with zero attached hydrogens (tertiary/aromatic N) is 1. The molecule has 0 saturated carbocycles. The average Bonchev–Trinajstić information content (AvgIpc) is 2.46. The van der Waals surface area contributed by atoms with Gasteiger partial charge < -0.3 is 20.1 Å². The second kappa shape index (κ2) is 5.96. The molecule has 2 aromatic rings. The van der Waals surface area contributed by atoms with Gasteiger partial charge in [0.05, 0.1) is 12.8 Å². The van der Waals surface area contributed by atoms with Gasteiger partial charge in [-0.15, -0.1) is 0 Å². The SMILES string of the molecule is COc1cccc(C=Nc2ccc(C(=O)O)c(O)c2)c1O. The van der Waals surface area contributed by atoms with Gasteiger partial charge in [-0.2, -0.15) is 0 Å². The summed E-state index contributed by atoms with van der Waals surface area (Å²) in [6.07, 6.45) is 1.40. The van der Waals surface area contributed by atoms with Crippen LogP contribution in [-0.2, 0) is 0 Å². The number of carbonyl (C=O) groups is 1. The second-order valence-electron chi connectivity index (χ2n) is 4.16. The van der Waals surface area contributed by atoms with Crippen molar-refractivity contribution in [2.24, 2.45) is 4.99 Å². The van der Waals surface area contributed by atoms with Crippen LogP contribution in [-0.4, -0.2) is 34.6 Å². The monoisotopic (exact) mass is 287 g/mol. The zero-order valence-corrected chi connectivity index (χ0v) is 11.1. The molecule has 6 heteroatoms. The molecule has 0 saturated heterocycles. The van der Waals surface area contributed by atoms with E-state index in [1.807, 2.05) is 0 Å². The summed E-state index contributed by atoms with van der Waals surface area (Å²) >= 11 is 0. The van der Waals surface area contributed by atoms with E-state index < -0.39 is 5.97 Å². The van der Waals surface area contributed by atoms with E-state index in [0.717, 1.165) is 0 Å². The van der Waals surface area contributed by atoms with E-state index in [1.54, 1.807) is 18.2 Å². The maximum absolute atomic E-state index is 10.8. The maximum atomic E-state index is 10.8. The van der Waals surface area contributed by atoms with Gasteiger partial charge >= 0.3 is 5.97 Å². The first-order chi connectivity index (χ1) is 10.0. The van der Waals surface area contributed by atoms with Crippen molar-refractivity contribution in [2.45, 2.75) is 0 Å². The molecule has 0 unspecified atom stereocenters. The first-order valence-corrected chi connectivity index (χ1v) is 5.99. The molecule has 6 nitrogen and oxygen atoms in total. The van der Waals surface area contributed by atoms with Gasteiger partial charge in [-0.1, -0.05) is 6.07 Å². The predicted octanol–water partition coefficient (Wildman–Crippen LogP) is 2.56. The fourth-order valence-corrected chi connectivity index (χ4v) is 1.73. The molecule has 0 bridgehead atoms. The van der Waals surface area contributed by atoms with Crippen molar-refractivity contribution in [1.82, 2.24) is 0 Å². The third-order valence-electron chi connectivity index (χ3n) is 2.81. The molecule has 3 N–H and O–H groups in total. The summed E-state index contributed by atoms with van der Waals surface area (Å²) in [4.78, 5) is 14.9. The van der Waals surface area contributed by atoms with Crippen LogP contribution >= 0.6 is 0 Å². The number of aromatic hydroxyl groups is 2. The Kier molecular flexibility index (Phi) is 4.08. The lowest BCUT2D eigenvalue weighted by atomic mass is 10.2. The lowest BCUT2D eigenvalue weighted by Crippen LogP contribution is -1.95. The Labute approximate surface area is 120 Å². The highest BCUT2D eigenvalue weighted by Crippen LogP contribution is 2.29. The molecule has 0 aliphatic heterocycles. The Hall–Kier alpha value is -3.02. The highest BCUT2D eigenvalue weighted by Gasteiger charge is 2.09. The molecule has 0 aromatic heterocycles. The van der Waals surface area contributed by atoms with Crippen molar-refractivity contribution in [3.63, 3.8) is 0 Å². The quantitative estimate of drug-likeness (QED) is 0.750. The van der Waals surface area contributed by atoms with Crippen LogP contribution in [0.15, 0.2) is 41.4 Å². The number of methoxy groups -OCH3 is 1. The zero-order valence-electron chi connectivity index (χ0n) is 11.1. The molecular formula is C15H13NO5. The van der Waals surface area contributed by atoms with Gasteiger partial charge in [-0.3, -0.25) is 4.99 Å². The van der Waals surface area contributed by atoms with Crippen molar-refractivity contribution in [1.29, 1.82) is 0 Å². The summed E-state index contributed by atoms with van der Waals surface area (Å²) < 4.78 is 4.98. The van der Waals surface area contributed by atoms with Crippen molar-refractivity contribution in [3.05, 3.63) is 47.5 Å². The van der Waals surface area contributed by atoms with Crippen molar-refractivity contribution in [2.75, 3.05) is 7.11 Å². The van der Waals surface area contributed by atoms with Crippen LogP contribution in [0.1, 0.15) is 15.9 Å². The summed E-state index contributed by atoms with van der Waals surface area (Å²) in [6, 6.07) is 8.90. The first kappa shape index (κ1) is 14.4. The van der Waals surface area contributed by atoms with E-state index in [-0.39, 0.29) is 17.1 Å². The normalized spacial score (nSPS) is 10.7. The molecule has 0 radical (unpaired) electrons. The molecule has 0 aliphatic carbocycles. The minimum atomic E-state index is -1.21. The number of para-hydroxylation sites is 1. The topological polar surface area (TPSA) is 99.4 Å². The van der Waals surface area contributed by atoms with Crippen molar-refractivity contribution < 1.29 is 24.9 Å². The van der Waals surface area contributed by atoms with Gasteiger partial charge in [0, 0.05) is 17.8 Å². The number of phenols is 2. The molecule has 21 heavy (non-hydrogen) atoms. The molecular weight excluding hydrogens is 274 g/mol. The van der Waals surface area contributed by atoms with Crippen LogP contribution < -0.4 is 4.74 Å². The Morgan fingerprint density at radius 1 is 1.24 bits per heavy atom. The number of ether oxygens (including phenoxy) is 1. The number of carboxylic acid groups (broad SMARTS) is 1. The van der Waals surface area contributed by atoms with E-state index in [9.17, 15) is 15.0 Å². The second-order valence-corrected chi connectivity index (χ2v) is 4.16. The largest absolute Gasteiger partial charge is 0.507 e. The summed E-state index contributed by atoms with van der Waals surface area (Å²) in [5.41, 5.74) is 0.606. The van der Waals surface area contributed by atoms with E-state index in [4.69, 9.17) is 9.84 Å².